The first-order chi connectivity index (χ1) is 10.0. The molecule has 3 N–H and O–H groups in total. The van der Waals surface area contributed by atoms with Gasteiger partial charge in [0.05, 0.1) is 5.56 Å². The molecule has 1 aliphatic heterocycles. The summed E-state index contributed by atoms with van der Waals surface area (Å²) in [6.07, 6.45) is 3.89. The molecule has 0 spiro atoms. The molecule has 1 aromatic heterocycles. The number of hydrogen-bond donors (Lipinski definition) is 3. The van der Waals surface area contributed by atoms with Crippen molar-refractivity contribution in [3.05, 3.63) is 23.9 Å². The van der Waals surface area contributed by atoms with Crippen molar-refractivity contribution in [2.75, 3.05) is 25.0 Å². The van der Waals surface area contributed by atoms with E-state index in [1.54, 1.807) is 12.3 Å². The zero-order valence-corrected chi connectivity index (χ0v) is 15.6. The molecular formula is C16H28Cl2N4O. The lowest BCUT2D eigenvalue weighted by Crippen LogP contribution is -2.43. The van der Waals surface area contributed by atoms with Gasteiger partial charge >= 0.3 is 0 Å². The van der Waals surface area contributed by atoms with Crippen molar-refractivity contribution in [3.63, 3.8) is 0 Å². The van der Waals surface area contributed by atoms with Crippen LogP contribution in [0.5, 0.6) is 0 Å². The van der Waals surface area contributed by atoms with Crippen LogP contribution in [-0.4, -0.2) is 36.6 Å². The molecule has 1 fully saturated rings. The molecule has 5 nitrogen and oxygen atoms in total. The lowest BCUT2D eigenvalue weighted by Gasteiger charge is -2.34. The minimum Gasteiger partial charge on any atom is -0.367 e. The summed E-state index contributed by atoms with van der Waals surface area (Å²) in [6, 6.07) is 3.86. The topological polar surface area (TPSA) is 66.0 Å². The van der Waals surface area contributed by atoms with E-state index in [-0.39, 0.29) is 42.2 Å². The zero-order chi connectivity index (χ0) is 15.3. The fraction of sp³-hybridized carbons (Fsp3) is 0.625. The van der Waals surface area contributed by atoms with Gasteiger partial charge in [-0.3, -0.25) is 4.79 Å². The second-order valence-electron chi connectivity index (χ2n) is 6.44. The summed E-state index contributed by atoms with van der Waals surface area (Å²) < 4.78 is 0. The second kappa shape index (κ2) is 9.96. The van der Waals surface area contributed by atoms with E-state index >= 15 is 0 Å². The third kappa shape index (κ3) is 6.53. The molecule has 1 saturated heterocycles. The molecule has 0 saturated carbocycles. The normalized spacial score (nSPS) is 16.0. The Kier molecular flexibility index (Phi) is 9.51. The van der Waals surface area contributed by atoms with Gasteiger partial charge in [-0.25, -0.2) is 4.98 Å². The fourth-order valence-corrected chi connectivity index (χ4v) is 2.57. The van der Waals surface area contributed by atoms with Gasteiger partial charge in [-0.1, -0.05) is 6.92 Å². The van der Waals surface area contributed by atoms with Crippen LogP contribution >= 0.6 is 24.8 Å². The first-order valence-corrected chi connectivity index (χ1v) is 7.71. The largest absolute Gasteiger partial charge is 0.367 e. The Morgan fingerprint density at radius 3 is 2.61 bits per heavy atom. The van der Waals surface area contributed by atoms with Crippen molar-refractivity contribution in [3.8, 4) is 0 Å². The molecule has 1 aromatic rings. The minimum atomic E-state index is -0.0500. The average Bonchev–Trinajstić information content (AvgIpc) is 2.46. The van der Waals surface area contributed by atoms with E-state index in [1.165, 1.54) is 0 Å². The Morgan fingerprint density at radius 2 is 2.00 bits per heavy atom. The Morgan fingerprint density at radius 1 is 1.35 bits per heavy atom. The smallest absolute Gasteiger partial charge is 0.255 e. The molecule has 1 aliphatic rings. The Bertz CT molecular complexity index is 491. The van der Waals surface area contributed by atoms with Gasteiger partial charge < -0.3 is 16.0 Å². The van der Waals surface area contributed by atoms with Crippen LogP contribution in [-0.2, 0) is 0 Å². The molecule has 0 bridgehead atoms. The van der Waals surface area contributed by atoms with E-state index in [0.29, 0.717) is 17.9 Å². The first kappa shape index (κ1) is 22.0. The number of nitrogens with zero attached hydrogens (tertiary/aromatic N) is 1. The highest BCUT2D eigenvalue weighted by Crippen LogP contribution is 2.27. The number of piperidine rings is 1. The molecular weight excluding hydrogens is 335 g/mol. The van der Waals surface area contributed by atoms with Gasteiger partial charge in [-0.2, -0.15) is 0 Å². The number of halogens is 2. The fourth-order valence-electron chi connectivity index (χ4n) is 2.57. The van der Waals surface area contributed by atoms with Crippen molar-refractivity contribution in [2.45, 2.75) is 39.7 Å². The zero-order valence-electron chi connectivity index (χ0n) is 14.0. The monoisotopic (exact) mass is 362 g/mol. The van der Waals surface area contributed by atoms with E-state index in [0.717, 1.165) is 25.9 Å². The van der Waals surface area contributed by atoms with Crippen molar-refractivity contribution < 1.29 is 4.79 Å². The van der Waals surface area contributed by atoms with Crippen LogP contribution in [0.2, 0.25) is 0 Å². The van der Waals surface area contributed by atoms with Gasteiger partial charge in [0.1, 0.15) is 5.82 Å². The Hall–Kier alpha value is -1.04. The molecule has 132 valence electrons. The summed E-state index contributed by atoms with van der Waals surface area (Å²) in [4.78, 5) is 16.7. The maximum atomic E-state index is 12.4. The third-order valence-corrected chi connectivity index (χ3v) is 3.96. The van der Waals surface area contributed by atoms with Gasteiger partial charge in [0, 0.05) is 18.8 Å². The van der Waals surface area contributed by atoms with Crippen LogP contribution in [0.3, 0.4) is 0 Å². The molecule has 23 heavy (non-hydrogen) atoms. The molecule has 0 atom stereocenters. The highest BCUT2D eigenvalue weighted by Gasteiger charge is 2.27. The van der Waals surface area contributed by atoms with Crippen LogP contribution < -0.4 is 16.0 Å². The maximum absolute atomic E-state index is 12.4. The average molecular weight is 363 g/mol. The van der Waals surface area contributed by atoms with Crippen LogP contribution in [0.25, 0.3) is 0 Å². The number of pyridine rings is 1. The maximum Gasteiger partial charge on any atom is 0.255 e. The van der Waals surface area contributed by atoms with Crippen LogP contribution in [0.4, 0.5) is 5.82 Å². The molecule has 1 amide bonds. The van der Waals surface area contributed by atoms with Crippen molar-refractivity contribution >= 4 is 36.5 Å². The van der Waals surface area contributed by atoms with Gasteiger partial charge in [-0.15, -0.1) is 24.8 Å². The molecule has 0 aromatic carbocycles. The standard InChI is InChI=1S/C16H26N4O.2ClH/c1-12(2)20-14-13(5-4-8-18-14)15(21)19-11-16(3)6-9-17-10-7-16;;/h4-5,8,12,17H,6-7,9-11H2,1-3H3,(H,18,20)(H,19,21);2*1H. The molecule has 7 heteroatoms. The number of nitrogens with one attached hydrogen (secondary N) is 3. The van der Waals surface area contributed by atoms with Crippen LogP contribution in [0, 0.1) is 5.41 Å². The SMILES string of the molecule is CC(C)Nc1ncccc1C(=O)NCC1(C)CCNCC1.Cl.Cl. The van der Waals surface area contributed by atoms with Crippen molar-refractivity contribution in [2.24, 2.45) is 5.41 Å². The molecule has 2 rings (SSSR count). The predicted octanol–water partition coefficient (Wildman–Crippen LogP) is 2.87. The lowest BCUT2D eigenvalue weighted by molar-refractivity contribution is 0.0922. The van der Waals surface area contributed by atoms with Gasteiger partial charge in [0.25, 0.3) is 5.91 Å². The van der Waals surface area contributed by atoms with Gasteiger partial charge in [0.2, 0.25) is 0 Å². The Labute approximate surface area is 151 Å². The summed E-state index contributed by atoms with van der Waals surface area (Å²) in [5, 5.41) is 9.65. The number of carbonyl (C=O) groups excluding carboxylic acids is 1. The quantitative estimate of drug-likeness (QED) is 0.753. The third-order valence-electron chi connectivity index (χ3n) is 3.96. The number of hydrogen-bond acceptors (Lipinski definition) is 4. The Balaban J connectivity index is 0.00000242. The molecule has 2 heterocycles. The minimum absolute atomic E-state index is 0. The van der Waals surface area contributed by atoms with E-state index in [4.69, 9.17) is 0 Å². The molecule has 0 radical (unpaired) electrons. The summed E-state index contributed by atoms with van der Waals surface area (Å²) in [7, 11) is 0. The van der Waals surface area contributed by atoms with Crippen molar-refractivity contribution in [1.82, 2.24) is 15.6 Å². The highest BCUT2D eigenvalue weighted by molar-refractivity contribution is 5.98. The second-order valence-corrected chi connectivity index (χ2v) is 6.44. The lowest BCUT2D eigenvalue weighted by atomic mass is 9.81. The molecule has 0 unspecified atom stereocenters. The van der Waals surface area contributed by atoms with Gasteiger partial charge in [0.15, 0.2) is 0 Å². The van der Waals surface area contributed by atoms with E-state index in [2.05, 4.69) is 27.9 Å². The van der Waals surface area contributed by atoms with E-state index < -0.39 is 0 Å². The summed E-state index contributed by atoms with van der Waals surface area (Å²) in [5.41, 5.74) is 0.804. The summed E-state index contributed by atoms with van der Waals surface area (Å²) in [6.45, 7) is 9.08. The molecule has 0 aliphatic carbocycles. The number of amides is 1. The van der Waals surface area contributed by atoms with E-state index in [9.17, 15) is 4.79 Å². The summed E-state index contributed by atoms with van der Waals surface area (Å²) >= 11 is 0. The van der Waals surface area contributed by atoms with E-state index in [1.807, 2.05) is 19.9 Å². The van der Waals surface area contributed by atoms with Gasteiger partial charge in [-0.05, 0) is 57.3 Å². The van der Waals surface area contributed by atoms with Crippen molar-refractivity contribution in [1.29, 1.82) is 0 Å². The summed E-state index contributed by atoms with van der Waals surface area (Å²) in [5.74, 6) is 0.603. The number of carbonyl (C=O) groups is 1. The number of rotatable bonds is 5. The van der Waals surface area contributed by atoms with Crippen LogP contribution in [0.1, 0.15) is 44.0 Å². The van der Waals surface area contributed by atoms with Crippen LogP contribution in [0.15, 0.2) is 18.3 Å². The predicted molar refractivity (Wildman–Crippen MR) is 100 cm³/mol. The number of anilines is 1. The number of aromatic nitrogens is 1. The first-order valence-electron chi connectivity index (χ1n) is 7.71. The highest BCUT2D eigenvalue weighted by atomic mass is 35.5.